The molecule has 2 rings (SSSR count). The van der Waals surface area contributed by atoms with Crippen molar-refractivity contribution < 1.29 is 14.6 Å². The maximum absolute atomic E-state index is 12.7. The molecule has 1 aromatic heterocycles. The van der Waals surface area contributed by atoms with Crippen LogP contribution >= 0.6 is 0 Å². The normalized spacial score (nSPS) is 18.9. The van der Waals surface area contributed by atoms with E-state index in [1.54, 1.807) is 11.0 Å². The molecule has 1 saturated heterocycles. The van der Waals surface area contributed by atoms with E-state index in [4.69, 9.17) is 4.74 Å². The Morgan fingerprint density at radius 2 is 2.30 bits per heavy atom. The number of carbonyl (C=O) groups is 1. The molecule has 5 heteroatoms. The summed E-state index contributed by atoms with van der Waals surface area (Å²) < 4.78 is 5.50. The van der Waals surface area contributed by atoms with E-state index in [9.17, 15) is 9.90 Å². The fourth-order valence-electron chi connectivity index (χ4n) is 2.56. The van der Waals surface area contributed by atoms with Gasteiger partial charge in [0.1, 0.15) is 0 Å². The van der Waals surface area contributed by atoms with Crippen LogP contribution < -0.4 is 4.74 Å². The lowest BCUT2D eigenvalue weighted by Crippen LogP contribution is -2.46. The fraction of sp³-hybridized carbons (Fsp3) is 0.600. The van der Waals surface area contributed by atoms with Crippen molar-refractivity contribution in [3.05, 3.63) is 23.5 Å². The number of ether oxygens (including phenoxy) is 1. The smallest absolute Gasteiger partial charge is 0.276 e. The van der Waals surface area contributed by atoms with Gasteiger partial charge in [-0.25, -0.2) is 4.98 Å². The van der Waals surface area contributed by atoms with Crippen LogP contribution in [0.5, 0.6) is 5.75 Å². The average Bonchev–Trinajstić information content (AvgIpc) is 2.48. The summed E-state index contributed by atoms with van der Waals surface area (Å²) in [5, 5.41) is 9.44. The fourth-order valence-corrected chi connectivity index (χ4v) is 2.56. The molecule has 1 N–H and O–H groups in total. The Bertz CT molecular complexity index is 476. The number of aryl methyl sites for hydroxylation is 1. The maximum atomic E-state index is 12.7. The second-order valence-corrected chi connectivity index (χ2v) is 5.06. The van der Waals surface area contributed by atoms with Gasteiger partial charge < -0.3 is 14.7 Å². The quantitative estimate of drug-likeness (QED) is 0.912. The van der Waals surface area contributed by atoms with Crippen LogP contribution in [0.2, 0.25) is 0 Å². The Morgan fingerprint density at radius 1 is 1.50 bits per heavy atom. The first-order valence-corrected chi connectivity index (χ1v) is 7.19. The number of hydrogen-bond donors (Lipinski definition) is 1. The van der Waals surface area contributed by atoms with Crippen molar-refractivity contribution in [2.75, 3.05) is 19.8 Å². The van der Waals surface area contributed by atoms with Crippen LogP contribution in [0.25, 0.3) is 0 Å². The van der Waals surface area contributed by atoms with E-state index in [1.807, 2.05) is 19.9 Å². The third-order valence-electron chi connectivity index (χ3n) is 3.60. The van der Waals surface area contributed by atoms with Gasteiger partial charge in [0, 0.05) is 12.2 Å². The van der Waals surface area contributed by atoms with Crippen molar-refractivity contribution in [1.82, 2.24) is 9.88 Å². The van der Waals surface area contributed by atoms with Gasteiger partial charge in [-0.3, -0.25) is 4.79 Å². The number of aromatic nitrogens is 1. The van der Waals surface area contributed by atoms with Gasteiger partial charge in [-0.2, -0.15) is 0 Å². The van der Waals surface area contributed by atoms with Gasteiger partial charge in [0.2, 0.25) is 0 Å². The van der Waals surface area contributed by atoms with Gasteiger partial charge in [0.25, 0.3) is 5.91 Å². The first-order chi connectivity index (χ1) is 9.67. The third kappa shape index (κ3) is 3.10. The second-order valence-electron chi connectivity index (χ2n) is 5.06. The predicted octanol–water partition coefficient (Wildman–Crippen LogP) is 1.78. The van der Waals surface area contributed by atoms with Crippen LogP contribution in [0, 0.1) is 6.92 Å². The van der Waals surface area contributed by atoms with Crippen molar-refractivity contribution >= 4 is 5.91 Å². The molecular formula is C15H22N2O3. The Kier molecular flexibility index (Phi) is 4.95. The van der Waals surface area contributed by atoms with E-state index in [0.717, 1.165) is 25.0 Å². The predicted molar refractivity (Wildman–Crippen MR) is 75.9 cm³/mol. The minimum absolute atomic E-state index is 0.00151. The van der Waals surface area contributed by atoms with Gasteiger partial charge in [0.05, 0.1) is 19.3 Å². The van der Waals surface area contributed by atoms with E-state index in [1.165, 1.54) is 0 Å². The van der Waals surface area contributed by atoms with Crippen molar-refractivity contribution in [3.8, 4) is 5.75 Å². The highest BCUT2D eigenvalue weighted by Gasteiger charge is 2.29. The Morgan fingerprint density at radius 3 is 3.00 bits per heavy atom. The Balaban J connectivity index is 2.29. The summed E-state index contributed by atoms with van der Waals surface area (Å²) in [4.78, 5) is 18.8. The lowest BCUT2D eigenvalue weighted by molar-refractivity contribution is 0.0493. The van der Waals surface area contributed by atoms with Crippen LogP contribution in [0.1, 0.15) is 42.4 Å². The SMILES string of the molecule is CCOc1ccc(C)nc1C(=O)N1CCCCC1CO. The van der Waals surface area contributed by atoms with Crippen LogP contribution in [0.15, 0.2) is 12.1 Å². The average molecular weight is 278 g/mol. The molecule has 1 amide bonds. The van der Waals surface area contributed by atoms with Gasteiger partial charge in [0.15, 0.2) is 11.4 Å². The highest BCUT2D eigenvalue weighted by molar-refractivity contribution is 5.95. The maximum Gasteiger partial charge on any atom is 0.276 e. The molecule has 2 heterocycles. The molecule has 0 spiro atoms. The van der Waals surface area contributed by atoms with Gasteiger partial charge in [-0.15, -0.1) is 0 Å². The zero-order valence-electron chi connectivity index (χ0n) is 12.1. The molecular weight excluding hydrogens is 256 g/mol. The zero-order valence-corrected chi connectivity index (χ0v) is 12.1. The van der Waals surface area contributed by atoms with E-state index in [0.29, 0.717) is 24.6 Å². The van der Waals surface area contributed by atoms with E-state index in [2.05, 4.69) is 4.98 Å². The molecule has 1 aromatic rings. The van der Waals surface area contributed by atoms with Crippen molar-refractivity contribution in [1.29, 1.82) is 0 Å². The van der Waals surface area contributed by atoms with Crippen LogP contribution in [0.4, 0.5) is 0 Å². The second kappa shape index (κ2) is 6.70. The van der Waals surface area contributed by atoms with E-state index < -0.39 is 0 Å². The summed E-state index contributed by atoms with van der Waals surface area (Å²) in [6.45, 7) is 4.90. The number of piperidine rings is 1. The molecule has 1 atom stereocenters. The summed E-state index contributed by atoms with van der Waals surface area (Å²) in [6.07, 6.45) is 2.87. The van der Waals surface area contributed by atoms with Crippen molar-refractivity contribution in [2.45, 2.75) is 39.2 Å². The highest BCUT2D eigenvalue weighted by atomic mass is 16.5. The van der Waals surface area contributed by atoms with Crippen LogP contribution in [0.3, 0.4) is 0 Å². The summed E-state index contributed by atoms with van der Waals surface area (Å²) in [6, 6.07) is 3.52. The number of carbonyl (C=O) groups excluding carboxylic acids is 1. The molecule has 0 aromatic carbocycles. The summed E-state index contributed by atoms with van der Waals surface area (Å²) in [5.74, 6) is 0.376. The van der Waals surface area contributed by atoms with E-state index in [-0.39, 0.29) is 18.6 Å². The molecule has 1 unspecified atom stereocenters. The minimum Gasteiger partial charge on any atom is -0.491 e. The molecule has 110 valence electrons. The molecule has 5 nitrogen and oxygen atoms in total. The first kappa shape index (κ1) is 14.8. The molecule has 0 radical (unpaired) electrons. The lowest BCUT2D eigenvalue weighted by atomic mass is 10.0. The first-order valence-electron chi connectivity index (χ1n) is 7.19. The largest absolute Gasteiger partial charge is 0.491 e. The third-order valence-corrected chi connectivity index (χ3v) is 3.60. The number of aliphatic hydroxyl groups excluding tert-OH is 1. The van der Waals surface area contributed by atoms with Gasteiger partial charge in [-0.05, 0) is 45.2 Å². The highest BCUT2D eigenvalue weighted by Crippen LogP contribution is 2.23. The Hall–Kier alpha value is -1.62. The molecule has 1 aliphatic rings. The molecule has 0 bridgehead atoms. The number of amides is 1. The van der Waals surface area contributed by atoms with Crippen molar-refractivity contribution in [2.24, 2.45) is 0 Å². The molecule has 0 aliphatic carbocycles. The summed E-state index contributed by atoms with van der Waals surface area (Å²) >= 11 is 0. The summed E-state index contributed by atoms with van der Waals surface area (Å²) in [5.41, 5.74) is 1.14. The standard InChI is InChI=1S/C15H22N2O3/c1-3-20-13-8-7-11(2)16-14(13)15(19)17-9-5-4-6-12(17)10-18/h7-8,12,18H,3-6,9-10H2,1-2H3. The lowest BCUT2D eigenvalue weighted by Gasteiger charge is -2.34. The number of likely N-dealkylation sites (tertiary alicyclic amines) is 1. The zero-order chi connectivity index (χ0) is 14.5. The van der Waals surface area contributed by atoms with E-state index >= 15 is 0 Å². The number of nitrogens with zero attached hydrogens (tertiary/aromatic N) is 2. The number of aliphatic hydroxyl groups is 1. The summed E-state index contributed by atoms with van der Waals surface area (Å²) in [7, 11) is 0. The van der Waals surface area contributed by atoms with Crippen LogP contribution in [-0.4, -0.2) is 46.7 Å². The van der Waals surface area contributed by atoms with Gasteiger partial charge in [-0.1, -0.05) is 0 Å². The monoisotopic (exact) mass is 278 g/mol. The van der Waals surface area contributed by atoms with Gasteiger partial charge >= 0.3 is 0 Å². The number of hydrogen-bond acceptors (Lipinski definition) is 4. The Labute approximate surface area is 119 Å². The minimum atomic E-state index is -0.143. The number of rotatable bonds is 4. The molecule has 1 fully saturated rings. The number of pyridine rings is 1. The molecule has 0 saturated carbocycles. The molecule has 1 aliphatic heterocycles. The topological polar surface area (TPSA) is 62.7 Å². The molecule has 20 heavy (non-hydrogen) atoms. The van der Waals surface area contributed by atoms with Crippen molar-refractivity contribution in [3.63, 3.8) is 0 Å². The van der Waals surface area contributed by atoms with Crippen LogP contribution in [-0.2, 0) is 0 Å².